The molecule has 0 aliphatic carbocycles. The number of fused-ring (bicyclic) bond motifs is 3. The van der Waals surface area contributed by atoms with E-state index in [0.29, 0.717) is 37.5 Å². The van der Waals surface area contributed by atoms with Crippen LogP contribution in [0, 0.1) is 24.2 Å². The third-order valence-electron chi connectivity index (χ3n) is 14.7. The van der Waals surface area contributed by atoms with Gasteiger partial charge in [0.2, 0.25) is 53.2 Å². The van der Waals surface area contributed by atoms with Crippen molar-refractivity contribution < 1.29 is 68.4 Å². The number of β-amino-alcohol motifs (C(OH)–C–C–N with tert-alkyl or cyclic N) is 1. The molecule has 1 aromatic carbocycles. The van der Waals surface area contributed by atoms with Gasteiger partial charge < -0.3 is 79.0 Å². The molecule has 16 N–H and O–H groups in total. The summed E-state index contributed by atoms with van der Waals surface area (Å²) in [5.74, 6) is -7.95. The monoisotopic (exact) mass is 1110 g/mol. The van der Waals surface area contributed by atoms with Gasteiger partial charge in [-0.25, -0.2) is 0 Å². The molecule has 3 bridgehead atoms. The summed E-state index contributed by atoms with van der Waals surface area (Å²) in [7, 11) is 0. The molecular formula is C51H72N12O14S. The molecule has 2 saturated heterocycles. The van der Waals surface area contributed by atoms with E-state index < -0.39 is 158 Å². The molecule has 78 heavy (non-hydrogen) atoms. The number of nitrogens with two attached hydrogens (primary N) is 1. The number of phenols is 1. The molecule has 2 aromatic rings. The van der Waals surface area contributed by atoms with E-state index in [1.807, 2.05) is 0 Å². The number of likely N-dealkylation sites (tertiary alicyclic amines) is 1. The number of Topliss-reactive ketones (excluding diaryl/α,β-unsaturated/α-hetero) is 1. The van der Waals surface area contributed by atoms with Crippen molar-refractivity contribution in [1.82, 2.24) is 57.7 Å². The second kappa shape index (κ2) is 27.7. The zero-order valence-corrected chi connectivity index (χ0v) is 44.6. The fraction of sp³-hybridized carbons (Fsp3) is 0.608. The number of amides is 9. The molecule has 11 atom stereocenters. The number of phenolic OH excluding ortho intramolecular Hbond substituents is 1. The number of primary amides is 1. The van der Waals surface area contributed by atoms with E-state index in [1.165, 1.54) is 19.1 Å². The van der Waals surface area contributed by atoms with Gasteiger partial charge in [-0.1, -0.05) is 27.2 Å². The normalized spacial score (nSPS) is 25.8. The SMILES string of the molecule is C#CCCCC(=O)NC1CCN(C2C(=O)[C@H](CC(N)=O)NC(=O)[C@@H]3CSc4[nH]c5c2c(O)ccc5c4C[C@@H](NC(=O)[C@@H](NC(=O)[C@@H]2C[C@@H](O)CN2)[C@@H](C)[C@@H](O)CO)C(=O)NCC(=O)N[C@@H]([C@@H](C)CC)C(=O)NCC(=O)N3)CC1. The number of rotatable bonds is 16. The van der Waals surface area contributed by atoms with Gasteiger partial charge in [0.1, 0.15) is 36.0 Å². The standard InChI is InChI=1S/C51H72N12O14S/c1-5-7-8-9-37(69)56-26-12-14-63(15-13-26)44-40-34(66)11-10-28-29-17-32(59-50(77)42(25(4)35(67)22-64)61-47(74)31-16-27(65)19-53-31)46(73)54-21-39(71)60-41(24(3)6-2)49(76)55-20-38(70)57-33(23-78-51(29)62-43(28)40)48(75)58-30(45(44)72)18-36(52)68/h1,10-11,24-27,30-33,35,41-42,44,53,62,64-67H,6-9,12-23H2,2-4H3,(H2,52,68)(H,54,73)(H,55,76)(H,56,69)(H,57,70)(H,58,75)(H,59,77)(H,60,71)(H,61,74)/t24-,25-,27+,30-,31-,32+,33-,35-,41-,42-,44?/m0/s1. The van der Waals surface area contributed by atoms with Crippen LogP contribution in [0.2, 0.25) is 0 Å². The summed E-state index contributed by atoms with van der Waals surface area (Å²) in [5, 5.41) is 67.3. The highest BCUT2D eigenvalue weighted by Gasteiger charge is 2.43. The minimum Gasteiger partial charge on any atom is -0.508 e. The number of carbonyl (C=O) groups is 10. The molecule has 1 aromatic heterocycles. The number of carbonyl (C=O) groups excluding carboxylic acids is 10. The highest BCUT2D eigenvalue weighted by atomic mass is 32.2. The molecule has 9 amide bonds. The van der Waals surface area contributed by atoms with Gasteiger partial charge in [0.05, 0.1) is 61.0 Å². The van der Waals surface area contributed by atoms with Crippen molar-refractivity contribution in [2.24, 2.45) is 17.6 Å². The molecule has 0 saturated carbocycles. The van der Waals surface area contributed by atoms with Crippen molar-refractivity contribution in [3.05, 3.63) is 23.3 Å². The third-order valence-corrected chi connectivity index (χ3v) is 15.9. The van der Waals surface area contributed by atoms with Crippen molar-refractivity contribution in [2.75, 3.05) is 45.1 Å². The number of terminal acetylenes is 1. The van der Waals surface area contributed by atoms with Crippen LogP contribution in [0.1, 0.15) is 89.3 Å². The molecule has 4 aliphatic heterocycles. The van der Waals surface area contributed by atoms with Gasteiger partial charge >= 0.3 is 0 Å². The molecule has 6 rings (SSSR count). The van der Waals surface area contributed by atoms with E-state index in [0.717, 1.165) is 11.8 Å². The molecule has 1 unspecified atom stereocenters. The van der Waals surface area contributed by atoms with Crippen molar-refractivity contribution in [3.8, 4) is 18.1 Å². The Morgan fingerprint density at radius 2 is 1.65 bits per heavy atom. The second-order valence-electron chi connectivity index (χ2n) is 20.3. The lowest BCUT2D eigenvalue weighted by molar-refractivity contribution is -0.135. The first-order valence-electron chi connectivity index (χ1n) is 26.2. The Kier molecular flexibility index (Phi) is 21.4. The van der Waals surface area contributed by atoms with E-state index in [2.05, 4.69) is 58.8 Å². The number of aromatic amines is 1. The Morgan fingerprint density at radius 3 is 2.29 bits per heavy atom. The number of hydrogen-bond donors (Lipinski definition) is 15. The maximum absolute atomic E-state index is 15.3. The largest absolute Gasteiger partial charge is 0.508 e. The Labute approximate surface area is 454 Å². The first kappa shape index (κ1) is 60.4. The number of nitrogens with one attached hydrogen (secondary N) is 10. The van der Waals surface area contributed by atoms with Crippen molar-refractivity contribution >= 4 is 81.6 Å². The van der Waals surface area contributed by atoms with Crippen molar-refractivity contribution in [1.29, 1.82) is 0 Å². The van der Waals surface area contributed by atoms with Crippen LogP contribution in [0.5, 0.6) is 5.75 Å². The summed E-state index contributed by atoms with van der Waals surface area (Å²) >= 11 is 0.961. The van der Waals surface area contributed by atoms with Crippen molar-refractivity contribution in [3.63, 3.8) is 0 Å². The van der Waals surface area contributed by atoms with Gasteiger partial charge in [-0.05, 0) is 49.3 Å². The number of aliphatic hydroxyl groups is 3. The van der Waals surface area contributed by atoms with Gasteiger partial charge in [-0.15, -0.1) is 24.1 Å². The zero-order valence-electron chi connectivity index (χ0n) is 43.8. The van der Waals surface area contributed by atoms with Crippen LogP contribution in [0.15, 0.2) is 17.2 Å². The van der Waals surface area contributed by atoms with Crippen LogP contribution < -0.4 is 53.6 Å². The van der Waals surface area contributed by atoms with E-state index in [4.69, 9.17) is 12.2 Å². The highest BCUT2D eigenvalue weighted by Crippen LogP contribution is 2.42. The Bertz CT molecular complexity index is 2640. The van der Waals surface area contributed by atoms with E-state index in [9.17, 15) is 63.6 Å². The zero-order chi connectivity index (χ0) is 57.0. The Hall–Kier alpha value is -6.83. The minimum atomic E-state index is -1.66. The van der Waals surface area contributed by atoms with Crippen LogP contribution in [0.25, 0.3) is 10.9 Å². The van der Waals surface area contributed by atoms with Gasteiger partial charge in [-0.3, -0.25) is 52.8 Å². The summed E-state index contributed by atoms with van der Waals surface area (Å²) in [6, 6.07) is -7.53. The quantitative estimate of drug-likeness (QED) is 0.0560. The lowest BCUT2D eigenvalue weighted by atomic mass is 9.89. The smallest absolute Gasteiger partial charge is 0.244 e. The number of aliphatic hydroxyl groups excluding tert-OH is 3. The predicted octanol–water partition coefficient (Wildman–Crippen LogP) is -4.18. The number of aromatic hydroxyl groups is 1. The van der Waals surface area contributed by atoms with E-state index >= 15 is 4.79 Å². The van der Waals surface area contributed by atoms with Gasteiger partial charge in [-0.2, -0.15) is 0 Å². The second-order valence-corrected chi connectivity index (χ2v) is 21.4. The van der Waals surface area contributed by atoms with Crippen LogP contribution in [0.4, 0.5) is 0 Å². The van der Waals surface area contributed by atoms with Crippen molar-refractivity contribution in [2.45, 2.75) is 144 Å². The number of H-pyrrole nitrogens is 1. The molecule has 4 aliphatic rings. The number of benzene rings is 1. The van der Waals surface area contributed by atoms with Crippen LogP contribution in [0.3, 0.4) is 0 Å². The molecule has 26 nitrogen and oxygen atoms in total. The number of piperidine rings is 1. The number of aromatic nitrogens is 1. The molecular weight excluding hydrogens is 1040 g/mol. The average Bonchev–Trinajstić information content (AvgIpc) is 4.18. The van der Waals surface area contributed by atoms with Crippen LogP contribution in [-0.2, 0) is 54.4 Å². The fourth-order valence-electron chi connectivity index (χ4n) is 10.0. The molecule has 5 heterocycles. The first-order valence-corrected chi connectivity index (χ1v) is 27.2. The topological polar surface area (TPSA) is 405 Å². The van der Waals surface area contributed by atoms with Crippen LogP contribution >= 0.6 is 11.8 Å². The fourth-order valence-corrected chi connectivity index (χ4v) is 11.1. The number of hydrogen-bond acceptors (Lipinski definition) is 17. The number of nitrogens with zero attached hydrogens (tertiary/aromatic N) is 1. The molecule has 2 fully saturated rings. The first-order chi connectivity index (χ1) is 37.1. The number of unbranched alkanes of at least 4 members (excludes halogenated alkanes) is 1. The van der Waals surface area contributed by atoms with Gasteiger partial charge in [0.25, 0.3) is 0 Å². The molecule has 0 radical (unpaired) electrons. The third kappa shape index (κ3) is 15.3. The lowest BCUT2D eigenvalue weighted by Crippen LogP contribution is -2.60. The summed E-state index contributed by atoms with van der Waals surface area (Å²) < 4.78 is 0. The highest BCUT2D eigenvalue weighted by molar-refractivity contribution is 7.99. The molecule has 27 heteroatoms. The van der Waals surface area contributed by atoms with Gasteiger partial charge in [0.15, 0.2) is 5.78 Å². The van der Waals surface area contributed by atoms with E-state index in [1.54, 1.807) is 18.7 Å². The predicted molar refractivity (Wildman–Crippen MR) is 281 cm³/mol. The minimum absolute atomic E-state index is 0.00251. The lowest BCUT2D eigenvalue weighted by Gasteiger charge is -2.39. The maximum Gasteiger partial charge on any atom is 0.244 e. The maximum atomic E-state index is 15.3. The summed E-state index contributed by atoms with van der Waals surface area (Å²) in [5.41, 5.74) is 6.13. The Balaban J connectivity index is 1.50. The molecule has 426 valence electrons. The summed E-state index contributed by atoms with van der Waals surface area (Å²) in [6.45, 7) is 2.97. The van der Waals surface area contributed by atoms with E-state index in [-0.39, 0.29) is 71.8 Å². The molecule has 0 spiro atoms. The average molecular weight is 1110 g/mol. The number of ketones is 1. The van der Waals surface area contributed by atoms with Crippen LogP contribution in [-0.4, -0.2) is 189 Å². The summed E-state index contributed by atoms with van der Waals surface area (Å²) in [4.78, 5) is 144. The van der Waals surface area contributed by atoms with Gasteiger partial charge in [0, 0.05) is 67.6 Å². The number of thioether (sulfide) groups is 1. The summed E-state index contributed by atoms with van der Waals surface area (Å²) in [6.07, 6.45) is 3.92. The Morgan fingerprint density at radius 1 is 0.962 bits per heavy atom.